The lowest BCUT2D eigenvalue weighted by atomic mass is 9.61. The first kappa shape index (κ1) is 21.5. The molecule has 3 aliphatic carbocycles. The number of rotatable bonds is 4. The van der Waals surface area contributed by atoms with Gasteiger partial charge in [0.25, 0.3) is 0 Å². The Labute approximate surface area is 176 Å². The lowest BCUT2D eigenvalue weighted by Gasteiger charge is -2.45. The van der Waals surface area contributed by atoms with Crippen LogP contribution in [0.15, 0.2) is 23.3 Å². The van der Waals surface area contributed by atoms with Crippen molar-refractivity contribution in [2.75, 3.05) is 19.6 Å². The summed E-state index contributed by atoms with van der Waals surface area (Å²) in [5, 5.41) is 19.9. The van der Waals surface area contributed by atoms with Gasteiger partial charge in [-0.15, -0.1) is 0 Å². The quantitative estimate of drug-likeness (QED) is 0.716. The van der Waals surface area contributed by atoms with E-state index in [1.807, 2.05) is 0 Å². The zero-order valence-electron chi connectivity index (χ0n) is 18.3. The van der Waals surface area contributed by atoms with Gasteiger partial charge in [-0.1, -0.05) is 37.1 Å². The maximum Gasteiger partial charge on any atom is 0.114 e. The van der Waals surface area contributed by atoms with Gasteiger partial charge in [0.1, 0.15) is 6.17 Å². The molecule has 2 N–H and O–H groups in total. The second-order valence-electron chi connectivity index (χ2n) is 10.7. The minimum Gasteiger partial charge on any atom is -0.393 e. The SMILES string of the molecule is C[C@@H](CN1CC[C@@H](F)C1)[C@H]1CC[C@H]2C(=CC=C3C[C@@H](O)C[C@@H](O)C3)CCC[C@]12C. The summed E-state index contributed by atoms with van der Waals surface area (Å²) in [5.74, 6) is 2.00. The molecule has 4 rings (SSSR count). The van der Waals surface area contributed by atoms with Crippen molar-refractivity contribution in [3.63, 3.8) is 0 Å². The normalized spacial score (nSPS) is 45.1. The highest BCUT2D eigenvalue weighted by atomic mass is 19.1. The van der Waals surface area contributed by atoms with E-state index in [0.717, 1.165) is 19.0 Å². The largest absolute Gasteiger partial charge is 0.393 e. The fourth-order valence-electron chi connectivity index (χ4n) is 7.23. The summed E-state index contributed by atoms with van der Waals surface area (Å²) in [5.41, 5.74) is 3.14. The highest BCUT2D eigenvalue weighted by Crippen LogP contribution is 2.59. The first-order valence-electron chi connectivity index (χ1n) is 12.0. The number of fused-ring (bicyclic) bond motifs is 1. The van der Waals surface area contributed by atoms with Crippen LogP contribution in [0.25, 0.3) is 0 Å². The van der Waals surface area contributed by atoms with Crippen LogP contribution < -0.4 is 0 Å². The smallest absolute Gasteiger partial charge is 0.114 e. The maximum absolute atomic E-state index is 13.6. The second-order valence-corrected chi connectivity index (χ2v) is 10.7. The van der Waals surface area contributed by atoms with Gasteiger partial charge >= 0.3 is 0 Å². The molecule has 0 amide bonds. The number of halogens is 1. The van der Waals surface area contributed by atoms with Gasteiger partial charge in [0.15, 0.2) is 0 Å². The Morgan fingerprint density at radius 3 is 2.62 bits per heavy atom. The third-order valence-corrected chi connectivity index (χ3v) is 8.56. The molecule has 0 spiro atoms. The zero-order chi connectivity index (χ0) is 20.6. The van der Waals surface area contributed by atoms with E-state index in [4.69, 9.17) is 0 Å². The molecule has 29 heavy (non-hydrogen) atoms. The molecule has 3 nitrogen and oxygen atoms in total. The Morgan fingerprint density at radius 2 is 1.93 bits per heavy atom. The van der Waals surface area contributed by atoms with Crippen molar-refractivity contribution in [1.29, 1.82) is 0 Å². The van der Waals surface area contributed by atoms with E-state index in [1.165, 1.54) is 37.7 Å². The van der Waals surface area contributed by atoms with Gasteiger partial charge < -0.3 is 15.1 Å². The summed E-state index contributed by atoms with van der Waals surface area (Å²) in [7, 11) is 0. The van der Waals surface area contributed by atoms with Gasteiger partial charge in [0.05, 0.1) is 12.2 Å². The van der Waals surface area contributed by atoms with E-state index >= 15 is 0 Å². The predicted molar refractivity (Wildman–Crippen MR) is 115 cm³/mol. The molecule has 1 saturated heterocycles. The zero-order valence-corrected chi connectivity index (χ0v) is 18.3. The Kier molecular flexibility index (Phi) is 6.53. The van der Waals surface area contributed by atoms with Crippen molar-refractivity contribution in [3.8, 4) is 0 Å². The number of aliphatic hydroxyl groups excluding tert-OH is 2. The molecule has 4 aliphatic rings. The minimum atomic E-state index is -0.622. The van der Waals surface area contributed by atoms with Crippen molar-refractivity contribution < 1.29 is 14.6 Å². The van der Waals surface area contributed by atoms with Crippen molar-refractivity contribution in [2.45, 2.75) is 90.0 Å². The standard InChI is InChI=1S/C25H40FNO2/c1-17(15-27-11-9-20(26)16-27)23-7-8-24-19(4-3-10-25(23,24)2)6-5-18-12-21(28)14-22(29)13-18/h5-6,17,20-24,28-29H,3-4,7-16H2,1-2H3/t17-,20+,21-,22+,23+,24-,25+/m0/s1. The van der Waals surface area contributed by atoms with Crippen LogP contribution in [0.4, 0.5) is 4.39 Å². The summed E-state index contributed by atoms with van der Waals surface area (Å²) in [6.45, 7) is 7.52. The van der Waals surface area contributed by atoms with Crippen molar-refractivity contribution in [2.24, 2.45) is 23.2 Å². The number of hydrogen-bond donors (Lipinski definition) is 2. The number of likely N-dealkylation sites (tertiary alicyclic amines) is 1. The van der Waals surface area contributed by atoms with E-state index in [2.05, 4.69) is 30.9 Å². The van der Waals surface area contributed by atoms with Crippen LogP contribution in [0, 0.1) is 23.2 Å². The molecule has 4 heteroatoms. The van der Waals surface area contributed by atoms with Gasteiger partial charge in [0, 0.05) is 19.6 Å². The first-order chi connectivity index (χ1) is 13.8. The topological polar surface area (TPSA) is 43.7 Å². The molecule has 1 heterocycles. The number of allylic oxidation sites excluding steroid dienone is 3. The third kappa shape index (κ3) is 4.65. The average molecular weight is 406 g/mol. The molecular formula is C25H40FNO2. The molecule has 4 fully saturated rings. The summed E-state index contributed by atoms with van der Waals surface area (Å²) in [6.07, 6.45) is 12.1. The van der Waals surface area contributed by atoms with Crippen LogP contribution in [0.2, 0.25) is 0 Å². The number of alkyl halides is 1. The van der Waals surface area contributed by atoms with Gasteiger partial charge in [-0.3, -0.25) is 0 Å². The summed E-state index contributed by atoms with van der Waals surface area (Å²) >= 11 is 0. The first-order valence-corrected chi connectivity index (χ1v) is 12.0. The monoisotopic (exact) mass is 405 g/mol. The second kappa shape index (κ2) is 8.80. The van der Waals surface area contributed by atoms with Gasteiger partial charge in [-0.05, 0) is 81.0 Å². The molecule has 0 aromatic rings. The number of hydrogen-bond acceptors (Lipinski definition) is 3. The van der Waals surface area contributed by atoms with E-state index in [-0.39, 0.29) is 0 Å². The number of nitrogens with zero attached hydrogens (tertiary/aromatic N) is 1. The lowest BCUT2D eigenvalue weighted by molar-refractivity contribution is 0.0609. The fourth-order valence-corrected chi connectivity index (χ4v) is 7.23. The Morgan fingerprint density at radius 1 is 1.17 bits per heavy atom. The molecule has 1 aliphatic heterocycles. The summed E-state index contributed by atoms with van der Waals surface area (Å²) in [4.78, 5) is 2.34. The molecule has 7 atom stereocenters. The Bertz CT molecular complexity index is 635. The van der Waals surface area contributed by atoms with E-state index in [0.29, 0.717) is 49.5 Å². The van der Waals surface area contributed by atoms with Gasteiger partial charge in [-0.2, -0.15) is 0 Å². The Balaban J connectivity index is 1.44. The molecule has 0 aromatic carbocycles. The van der Waals surface area contributed by atoms with Crippen LogP contribution in [-0.4, -0.2) is 53.1 Å². The maximum atomic E-state index is 13.6. The molecule has 0 bridgehead atoms. The molecular weight excluding hydrogens is 365 g/mol. The van der Waals surface area contributed by atoms with E-state index in [1.54, 1.807) is 5.57 Å². The van der Waals surface area contributed by atoms with Gasteiger partial charge in [0.2, 0.25) is 0 Å². The van der Waals surface area contributed by atoms with Crippen LogP contribution in [-0.2, 0) is 0 Å². The van der Waals surface area contributed by atoms with Crippen molar-refractivity contribution >= 4 is 0 Å². The van der Waals surface area contributed by atoms with Crippen LogP contribution in [0.3, 0.4) is 0 Å². The Hall–Kier alpha value is -0.710. The summed E-state index contributed by atoms with van der Waals surface area (Å²) < 4.78 is 13.6. The molecule has 0 radical (unpaired) electrons. The van der Waals surface area contributed by atoms with Crippen molar-refractivity contribution in [1.82, 2.24) is 4.90 Å². The average Bonchev–Trinajstić information content (AvgIpc) is 3.21. The van der Waals surface area contributed by atoms with Crippen LogP contribution in [0.1, 0.15) is 71.6 Å². The molecule has 3 saturated carbocycles. The van der Waals surface area contributed by atoms with Crippen LogP contribution in [0.5, 0.6) is 0 Å². The minimum absolute atomic E-state index is 0.364. The fraction of sp³-hybridized carbons (Fsp3) is 0.840. The van der Waals surface area contributed by atoms with Gasteiger partial charge in [-0.25, -0.2) is 4.39 Å². The summed E-state index contributed by atoms with van der Waals surface area (Å²) in [6, 6.07) is 0. The highest BCUT2D eigenvalue weighted by Gasteiger charge is 2.50. The lowest BCUT2D eigenvalue weighted by Crippen LogP contribution is -2.39. The number of aliphatic hydroxyl groups is 2. The molecule has 0 unspecified atom stereocenters. The van der Waals surface area contributed by atoms with Crippen molar-refractivity contribution in [3.05, 3.63) is 23.3 Å². The van der Waals surface area contributed by atoms with Crippen LogP contribution >= 0.6 is 0 Å². The highest BCUT2D eigenvalue weighted by molar-refractivity contribution is 5.26. The predicted octanol–water partition coefficient (Wildman–Crippen LogP) is 4.64. The van der Waals surface area contributed by atoms with E-state index < -0.39 is 18.4 Å². The van der Waals surface area contributed by atoms with E-state index in [9.17, 15) is 14.6 Å². The molecule has 0 aromatic heterocycles. The third-order valence-electron chi connectivity index (χ3n) is 8.56. The molecule has 164 valence electrons.